The van der Waals surface area contributed by atoms with E-state index in [9.17, 15) is 15.2 Å². The van der Waals surface area contributed by atoms with Crippen molar-refractivity contribution < 1.29 is 10.0 Å². The summed E-state index contributed by atoms with van der Waals surface area (Å²) >= 11 is 3.38. The zero-order valence-electron chi connectivity index (χ0n) is 6.73. The van der Waals surface area contributed by atoms with Crippen LogP contribution in [0.25, 0.3) is 10.1 Å². The third-order valence-electron chi connectivity index (χ3n) is 1.81. The average Bonchev–Trinajstić information content (AvgIpc) is 2.47. The first-order valence-corrected chi connectivity index (χ1v) is 5.54. The van der Waals surface area contributed by atoms with Gasteiger partial charge in [0.05, 0.1) is 7.81 Å². The highest BCUT2D eigenvalue weighted by Gasteiger charge is 2.16. The Morgan fingerprint density at radius 2 is 2.21 bits per heavy atom. The highest BCUT2D eigenvalue weighted by Crippen LogP contribution is 2.38. The van der Waals surface area contributed by atoms with Crippen LogP contribution < -0.4 is 0 Å². The number of hydrogen-bond acceptors (Lipinski definition) is 4. The van der Waals surface area contributed by atoms with E-state index < -0.39 is 4.92 Å². The van der Waals surface area contributed by atoms with Crippen molar-refractivity contribution in [2.24, 2.45) is 0 Å². The second-order valence-electron chi connectivity index (χ2n) is 2.65. The van der Waals surface area contributed by atoms with Crippen LogP contribution >= 0.6 is 33.9 Å². The van der Waals surface area contributed by atoms with Gasteiger partial charge in [-0.25, -0.2) is 0 Å². The molecule has 0 fully saturated rings. The number of nitrogens with zero attached hydrogens (tertiary/aromatic N) is 1. The fraction of sp³-hybridized carbons (Fsp3) is 0. The van der Waals surface area contributed by atoms with E-state index in [-0.39, 0.29) is 11.4 Å². The maximum absolute atomic E-state index is 10.7. The lowest BCUT2D eigenvalue weighted by Gasteiger charge is -1.95. The van der Waals surface area contributed by atoms with E-state index in [1.165, 1.54) is 23.5 Å². The molecule has 2 aromatic rings. The Morgan fingerprint density at radius 3 is 2.86 bits per heavy atom. The quantitative estimate of drug-likeness (QED) is 0.499. The summed E-state index contributed by atoms with van der Waals surface area (Å²) in [5.74, 6) is 0.0877. The molecule has 14 heavy (non-hydrogen) atoms. The molecule has 0 atom stereocenters. The molecule has 6 heteroatoms. The number of non-ortho nitro benzene ring substituents is 1. The molecule has 0 saturated carbocycles. The van der Waals surface area contributed by atoms with Gasteiger partial charge in [-0.1, -0.05) is 0 Å². The largest absolute Gasteiger partial charge is 0.507 e. The molecule has 0 aliphatic rings. The second-order valence-corrected chi connectivity index (χ2v) is 5.60. The van der Waals surface area contributed by atoms with E-state index in [0.717, 1.165) is 2.88 Å². The molecule has 0 amide bonds. The molecule has 0 aliphatic carbocycles. The van der Waals surface area contributed by atoms with E-state index >= 15 is 0 Å². The van der Waals surface area contributed by atoms with E-state index in [1.54, 1.807) is 6.07 Å². The van der Waals surface area contributed by atoms with Crippen LogP contribution in [0.2, 0.25) is 0 Å². The monoisotopic (exact) mass is 321 g/mol. The van der Waals surface area contributed by atoms with Gasteiger partial charge < -0.3 is 5.11 Å². The summed E-state index contributed by atoms with van der Waals surface area (Å²) in [6.45, 7) is 0. The van der Waals surface area contributed by atoms with Crippen LogP contribution in [0.15, 0.2) is 18.2 Å². The first-order valence-electron chi connectivity index (χ1n) is 3.65. The van der Waals surface area contributed by atoms with Crippen molar-refractivity contribution in [1.82, 2.24) is 0 Å². The van der Waals surface area contributed by atoms with Crippen LogP contribution in [0.1, 0.15) is 0 Å². The molecule has 72 valence electrons. The predicted octanol–water partition coefficient (Wildman–Crippen LogP) is 3.12. The number of rotatable bonds is 1. The molecule has 0 spiro atoms. The van der Waals surface area contributed by atoms with Crippen molar-refractivity contribution >= 4 is 49.7 Å². The number of nitro benzene ring substituents is 1. The number of fused-ring (bicyclic) bond motifs is 1. The maximum Gasteiger partial charge on any atom is 0.287 e. The Kier molecular flexibility index (Phi) is 2.31. The minimum Gasteiger partial charge on any atom is -0.507 e. The zero-order chi connectivity index (χ0) is 10.3. The van der Waals surface area contributed by atoms with Crippen LogP contribution in [-0.4, -0.2) is 10.0 Å². The Morgan fingerprint density at radius 1 is 1.50 bits per heavy atom. The summed E-state index contributed by atoms with van der Waals surface area (Å²) in [7, 11) is 0. The number of aromatic hydroxyl groups is 1. The fourth-order valence-electron chi connectivity index (χ4n) is 1.21. The number of phenolic OH excluding ortho intramolecular Hbond substituents is 1. The Bertz CT molecular complexity index is 523. The molecule has 1 N–H and O–H groups in total. The molecule has 1 aromatic carbocycles. The average molecular weight is 321 g/mol. The van der Waals surface area contributed by atoms with Gasteiger partial charge in [0.2, 0.25) is 0 Å². The molecule has 0 unspecified atom stereocenters. The lowest BCUT2D eigenvalue weighted by atomic mass is 10.2. The topological polar surface area (TPSA) is 63.4 Å². The molecule has 4 nitrogen and oxygen atoms in total. The van der Waals surface area contributed by atoms with Gasteiger partial charge in [0.1, 0.15) is 10.4 Å². The second kappa shape index (κ2) is 3.35. The molecule has 0 bridgehead atoms. The first kappa shape index (κ1) is 9.66. The van der Waals surface area contributed by atoms with Crippen molar-refractivity contribution in [2.75, 3.05) is 0 Å². The van der Waals surface area contributed by atoms with Gasteiger partial charge in [0.25, 0.3) is 5.69 Å². The van der Waals surface area contributed by atoms with Crippen LogP contribution in [0.4, 0.5) is 5.69 Å². The standard InChI is InChI=1S/C8H4INO3S/c9-7-3-4-6(11)2-1-5(10(12)13)8(4)14-7/h1-3,11H. The lowest BCUT2D eigenvalue weighted by Crippen LogP contribution is -1.86. The molecule has 1 aromatic heterocycles. The summed E-state index contributed by atoms with van der Waals surface area (Å²) in [5, 5.41) is 20.7. The normalized spacial score (nSPS) is 10.6. The highest BCUT2D eigenvalue weighted by molar-refractivity contribution is 14.1. The van der Waals surface area contributed by atoms with Crippen molar-refractivity contribution in [2.45, 2.75) is 0 Å². The van der Waals surface area contributed by atoms with E-state index in [0.29, 0.717) is 10.1 Å². The number of hydrogen-bond donors (Lipinski definition) is 1. The summed E-state index contributed by atoms with van der Waals surface area (Å²) in [6, 6.07) is 4.41. The van der Waals surface area contributed by atoms with Crippen LogP contribution in [0.5, 0.6) is 5.75 Å². The minimum atomic E-state index is -0.436. The third-order valence-corrected chi connectivity index (χ3v) is 3.72. The van der Waals surface area contributed by atoms with Gasteiger partial charge in [0.15, 0.2) is 0 Å². The van der Waals surface area contributed by atoms with E-state index in [2.05, 4.69) is 22.6 Å². The molecular weight excluding hydrogens is 317 g/mol. The van der Waals surface area contributed by atoms with Gasteiger partial charge in [-0.2, -0.15) is 0 Å². The highest BCUT2D eigenvalue weighted by atomic mass is 127. The predicted molar refractivity (Wildman–Crippen MR) is 62.9 cm³/mol. The number of nitro groups is 1. The Hall–Kier alpha value is -0.890. The number of thiophene rings is 1. The zero-order valence-corrected chi connectivity index (χ0v) is 9.70. The number of benzene rings is 1. The number of halogens is 1. The van der Waals surface area contributed by atoms with Crippen molar-refractivity contribution in [3.63, 3.8) is 0 Å². The third kappa shape index (κ3) is 1.44. The Labute approximate surface area is 96.5 Å². The number of phenols is 1. The van der Waals surface area contributed by atoms with Gasteiger partial charge in [0, 0.05) is 11.5 Å². The van der Waals surface area contributed by atoms with Gasteiger partial charge in [-0.05, 0) is 34.7 Å². The summed E-state index contributed by atoms with van der Waals surface area (Å²) in [4.78, 5) is 10.2. The van der Waals surface area contributed by atoms with Crippen molar-refractivity contribution in [3.8, 4) is 5.75 Å². The molecule has 0 saturated heterocycles. The first-order chi connectivity index (χ1) is 6.59. The maximum atomic E-state index is 10.7. The summed E-state index contributed by atoms with van der Waals surface area (Å²) in [5.41, 5.74) is 0.0470. The van der Waals surface area contributed by atoms with Gasteiger partial charge >= 0.3 is 0 Å². The van der Waals surface area contributed by atoms with Gasteiger partial charge in [-0.3, -0.25) is 10.1 Å². The molecule has 0 radical (unpaired) electrons. The molecular formula is C8H4INO3S. The van der Waals surface area contributed by atoms with Crippen LogP contribution in [0, 0.1) is 13.0 Å². The smallest absolute Gasteiger partial charge is 0.287 e. The summed E-state index contributed by atoms with van der Waals surface area (Å²) in [6.07, 6.45) is 0. The fourth-order valence-corrected chi connectivity index (χ4v) is 3.07. The SMILES string of the molecule is O=[N+]([O-])c1ccc(O)c2cc(I)sc12. The van der Waals surface area contributed by atoms with Gasteiger partial charge in [-0.15, -0.1) is 11.3 Å². The summed E-state index contributed by atoms with van der Waals surface area (Å²) < 4.78 is 1.45. The van der Waals surface area contributed by atoms with E-state index in [1.807, 2.05) is 0 Å². The minimum absolute atomic E-state index is 0.0470. The van der Waals surface area contributed by atoms with Crippen LogP contribution in [-0.2, 0) is 0 Å². The lowest BCUT2D eigenvalue weighted by molar-refractivity contribution is -0.382. The van der Waals surface area contributed by atoms with E-state index in [4.69, 9.17) is 0 Å². The molecule has 0 aliphatic heterocycles. The van der Waals surface area contributed by atoms with Crippen molar-refractivity contribution in [3.05, 3.63) is 31.2 Å². The molecule has 1 heterocycles. The Balaban J connectivity index is 2.87. The molecule has 2 rings (SSSR count). The van der Waals surface area contributed by atoms with Crippen LogP contribution in [0.3, 0.4) is 0 Å². The van der Waals surface area contributed by atoms with Crippen molar-refractivity contribution in [1.29, 1.82) is 0 Å².